The molecule has 3 aromatic carbocycles. The van der Waals surface area contributed by atoms with Crippen LogP contribution in [0.2, 0.25) is 0 Å². The second-order valence-corrected chi connectivity index (χ2v) is 10.5. The van der Waals surface area contributed by atoms with E-state index in [0.717, 1.165) is 51.7 Å². The highest BCUT2D eigenvalue weighted by molar-refractivity contribution is 7.07. The van der Waals surface area contributed by atoms with Gasteiger partial charge in [-0.15, -0.1) is 0 Å². The van der Waals surface area contributed by atoms with Gasteiger partial charge in [0.2, 0.25) is 0 Å². The molecule has 2 aliphatic rings. The highest BCUT2D eigenvalue weighted by atomic mass is 32.1. The largest absolute Gasteiger partial charge is 0.493 e. The first-order valence-electron chi connectivity index (χ1n) is 12.6. The quantitative estimate of drug-likeness (QED) is 0.370. The van der Waals surface area contributed by atoms with Gasteiger partial charge in [0, 0.05) is 28.2 Å². The van der Waals surface area contributed by atoms with Crippen LogP contribution in [0.1, 0.15) is 34.7 Å². The number of thiazole rings is 1. The molecule has 1 aliphatic heterocycles. The monoisotopic (exact) mass is 519 g/mol. The fraction of sp³-hybridized carbons (Fsp3) is 0.161. The molecule has 0 radical (unpaired) electrons. The van der Waals surface area contributed by atoms with Crippen LogP contribution < -0.4 is 24.4 Å². The van der Waals surface area contributed by atoms with Crippen molar-refractivity contribution in [3.63, 3.8) is 0 Å². The molecule has 0 fully saturated rings. The van der Waals surface area contributed by atoms with Crippen LogP contribution in [0.3, 0.4) is 0 Å². The van der Waals surface area contributed by atoms with Crippen molar-refractivity contribution in [1.82, 2.24) is 9.55 Å². The number of aromatic nitrogens is 2. The number of para-hydroxylation sites is 1. The van der Waals surface area contributed by atoms with Gasteiger partial charge in [0.05, 0.1) is 30.5 Å². The molecule has 3 heterocycles. The van der Waals surface area contributed by atoms with E-state index >= 15 is 0 Å². The van der Waals surface area contributed by atoms with E-state index < -0.39 is 0 Å². The van der Waals surface area contributed by atoms with Gasteiger partial charge in [-0.2, -0.15) is 0 Å². The van der Waals surface area contributed by atoms with Crippen molar-refractivity contribution in [1.29, 1.82) is 0 Å². The van der Waals surface area contributed by atoms with Crippen LogP contribution in [0.25, 0.3) is 22.7 Å². The normalized spacial score (nSPS) is 16.6. The number of fused-ring (bicyclic) bond motifs is 4. The summed E-state index contributed by atoms with van der Waals surface area (Å²) in [6.07, 6.45) is 5.68. The summed E-state index contributed by atoms with van der Waals surface area (Å²) in [4.78, 5) is 23.2. The number of aromatic amines is 1. The Labute approximate surface area is 222 Å². The summed E-state index contributed by atoms with van der Waals surface area (Å²) in [5.41, 5.74) is 7.54. The minimum Gasteiger partial charge on any atom is -0.493 e. The van der Waals surface area contributed by atoms with Gasteiger partial charge in [-0.05, 0) is 53.8 Å². The first kappa shape index (κ1) is 22.8. The summed E-state index contributed by atoms with van der Waals surface area (Å²) in [7, 11) is 3.26. The average Bonchev–Trinajstić information content (AvgIpc) is 3.51. The van der Waals surface area contributed by atoms with Crippen molar-refractivity contribution in [2.24, 2.45) is 4.99 Å². The minimum atomic E-state index is -0.278. The highest BCUT2D eigenvalue weighted by Gasteiger charge is 2.33. The molecule has 1 atom stereocenters. The molecule has 0 unspecified atom stereocenters. The minimum absolute atomic E-state index is 0.0378. The second kappa shape index (κ2) is 8.89. The van der Waals surface area contributed by atoms with E-state index in [1.165, 1.54) is 16.9 Å². The number of H-pyrrole nitrogens is 1. The predicted molar refractivity (Wildman–Crippen MR) is 151 cm³/mol. The number of methoxy groups -OCH3 is 2. The molecule has 0 amide bonds. The Hall–Kier alpha value is -4.36. The van der Waals surface area contributed by atoms with Crippen molar-refractivity contribution >= 4 is 34.0 Å². The topological polar surface area (TPSA) is 68.6 Å². The van der Waals surface area contributed by atoms with Gasteiger partial charge in [-0.1, -0.05) is 59.9 Å². The fourth-order valence-corrected chi connectivity index (χ4v) is 6.69. The number of hydrogen-bond acceptors (Lipinski definition) is 5. The number of ether oxygens (including phenoxy) is 2. The van der Waals surface area contributed by atoms with Crippen LogP contribution in [0.4, 0.5) is 0 Å². The molecule has 38 heavy (non-hydrogen) atoms. The molecule has 7 rings (SSSR count). The molecule has 1 N–H and O–H groups in total. The number of allylic oxidation sites excluding steroid dienone is 1. The third kappa shape index (κ3) is 3.46. The lowest BCUT2D eigenvalue weighted by molar-refractivity contribution is 0.354. The van der Waals surface area contributed by atoms with E-state index in [9.17, 15) is 4.79 Å². The van der Waals surface area contributed by atoms with Crippen molar-refractivity contribution < 1.29 is 9.47 Å². The third-order valence-corrected chi connectivity index (χ3v) is 8.49. The molecule has 188 valence electrons. The lowest BCUT2D eigenvalue weighted by Gasteiger charge is -2.31. The Bertz CT molecular complexity index is 1940. The Morgan fingerprint density at radius 3 is 2.68 bits per heavy atom. The Kier molecular flexibility index (Phi) is 5.33. The lowest BCUT2D eigenvalue weighted by Crippen LogP contribution is -2.38. The molecule has 0 saturated carbocycles. The zero-order valence-electron chi connectivity index (χ0n) is 21.0. The van der Waals surface area contributed by atoms with Crippen LogP contribution in [0.15, 0.2) is 88.3 Å². The number of aryl methyl sites for hydroxylation is 1. The molecule has 5 aromatic rings. The molecular formula is C31H25N3O3S. The van der Waals surface area contributed by atoms with E-state index in [2.05, 4.69) is 35.3 Å². The SMILES string of the molecule is COc1ccc([C@@H]2C3=C(N=c4s/c(=C\c5c[nH]c6ccccc56)c(=O)n42)c2ccccc2CC3)cc1OC. The number of nitrogens with one attached hydrogen (secondary N) is 1. The molecule has 0 spiro atoms. The van der Waals surface area contributed by atoms with Gasteiger partial charge in [0.15, 0.2) is 16.3 Å². The number of benzene rings is 3. The van der Waals surface area contributed by atoms with Crippen LogP contribution in [0.5, 0.6) is 11.5 Å². The van der Waals surface area contributed by atoms with Crippen LogP contribution in [-0.4, -0.2) is 23.8 Å². The van der Waals surface area contributed by atoms with E-state index in [4.69, 9.17) is 14.5 Å². The average molecular weight is 520 g/mol. The standard InChI is InChI=1S/C31H25N3O3S/c1-36-25-14-12-19(15-26(25)37-2)29-23-13-11-18-7-3-4-9-22(18)28(23)33-31-34(29)30(35)27(38-31)16-20-17-32-24-10-6-5-8-21(20)24/h3-10,12,14-17,29,32H,11,13H2,1-2H3/b27-16-/t29-/m1/s1. The molecule has 7 heteroatoms. The van der Waals surface area contributed by atoms with Gasteiger partial charge in [0.25, 0.3) is 5.56 Å². The predicted octanol–water partition coefficient (Wildman–Crippen LogP) is 4.82. The summed E-state index contributed by atoms with van der Waals surface area (Å²) < 4.78 is 13.6. The van der Waals surface area contributed by atoms with Crippen LogP contribution in [-0.2, 0) is 6.42 Å². The van der Waals surface area contributed by atoms with E-state index in [0.29, 0.717) is 20.8 Å². The van der Waals surface area contributed by atoms with Gasteiger partial charge in [0.1, 0.15) is 0 Å². The van der Waals surface area contributed by atoms with E-state index in [1.54, 1.807) is 14.2 Å². The smallest absolute Gasteiger partial charge is 0.271 e. The van der Waals surface area contributed by atoms with Gasteiger partial charge in [-0.25, -0.2) is 4.99 Å². The van der Waals surface area contributed by atoms with E-state index in [-0.39, 0.29) is 11.6 Å². The number of rotatable bonds is 4. The Morgan fingerprint density at radius 1 is 1.00 bits per heavy atom. The molecule has 0 saturated heterocycles. The Balaban J connectivity index is 1.49. The van der Waals surface area contributed by atoms with Crippen molar-refractivity contribution in [3.8, 4) is 11.5 Å². The second-order valence-electron chi connectivity index (χ2n) is 9.52. The number of nitrogens with zero attached hydrogens (tertiary/aromatic N) is 2. The van der Waals surface area contributed by atoms with Crippen molar-refractivity contribution in [3.05, 3.63) is 120 Å². The van der Waals surface area contributed by atoms with E-state index in [1.807, 2.05) is 53.2 Å². The maximum atomic E-state index is 14.1. The first-order valence-corrected chi connectivity index (χ1v) is 13.4. The summed E-state index contributed by atoms with van der Waals surface area (Å²) in [5.74, 6) is 1.30. The summed E-state index contributed by atoms with van der Waals surface area (Å²) in [6.45, 7) is 0. The van der Waals surface area contributed by atoms with Gasteiger partial charge in [-0.3, -0.25) is 9.36 Å². The maximum absolute atomic E-state index is 14.1. The fourth-order valence-electron chi connectivity index (χ4n) is 5.70. The van der Waals surface area contributed by atoms with Crippen molar-refractivity contribution in [2.75, 3.05) is 14.2 Å². The van der Waals surface area contributed by atoms with Crippen molar-refractivity contribution in [2.45, 2.75) is 18.9 Å². The first-order chi connectivity index (χ1) is 18.7. The molecule has 1 aliphatic carbocycles. The highest BCUT2D eigenvalue weighted by Crippen LogP contribution is 2.42. The third-order valence-electron chi connectivity index (χ3n) is 7.50. The lowest BCUT2D eigenvalue weighted by atomic mass is 9.83. The zero-order valence-corrected chi connectivity index (χ0v) is 21.8. The summed E-state index contributed by atoms with van der Waals surface area (Å²) >= 11 is 1.44. The maximum Gasteiger partial charge on any atom is 0.271 e. The van der Waals surface area contributed by atoms with Crippen LogP contribution >= 0.6 is 11.3 Å². The summed E-state index contributed by atoms with van der Waals surface area (Å²) in [6, 6.07) is 22.2. The molecular weight excluding hydrogens is 494 g/mol. The number of hydrogen-bond donors (Lipinski definition) is 1. The van der Waals surface area contributed by atoms with Gasteiger partial charge < -0.3 is 14.5 Å². The zero-order chi connectivity index (χ0) is 25.8. The van der Waals surface area contributed by atoms with Crippen LogP contribution in [0, 0.1) is 0 Å². The molecule has 2 aromatic heterocycles. The molecule has 0 bridgehead atoms. The summed E-state index contributed by atoms with van der Waals surface area (Å²) in [5, 5.41) is 1.09. The Morgan fingerprint density at radius 2 is 1.82 bits per heavy atom. The molecule has 6 nitrogen and oxygen atoms in total. The van der Waals surface area contributed by atoms with Gasteiger partial charge >= 0.3 is 0 Å².